The number of aromatic nitrogens is 2. The molecule has 0 radical (unpaired) electrons. The van der Waals surface area contributed by atoms with Crippen LogP contribution in [0.2, 0.25) is 0 Å². The van der Waals surface area contributed by atoms with Gasteiger partial charge >= 0.3 is 0 Å². The largest absolute Gasteiger partial charge is 0.490 e. The van der Waals surface area contributed by atoms with Crippen molar-refractivity contribution in [3.63, 3.8) is 0 Å². The second-order valence-electron chi connectivity index (χ2n) is 20.0. The maximum Gasteiger partial charge on any atom is 0.270 e. The molecule has 19 heteroatoms. The van der Waals surface area contributed by atoms with Crippen LogP contribution >= 0.6 is 23.1 Å². The van der Waals surface area contributed by atoms with Crippen LogP contribution < -0.4 is 20.3 Å². The van der Waals surface area contributed by atoms with Crippen LogP contribution in [0.25, 0.3) is 10.4 Å². The lowest BCUT2D eigenvalue weighted by Gasteiger charge is -2.40. The zero-order valence-corrected chi connectivity index (χ0v) is 42.3. The van der Waals surface area contributed by atoms with Gasteiger partial charge in [-0.05, 0) is 68.0 Å². The number of anilines is 3. The molecule has 0 spiro atoms. The molecule has 4 atom stereocenters. The summed E-state index contributed by atoms with van der Waals surface area (Å²) < 4.78 is 18.8. The first-order chi connectivity index (χ1) is 34.3. The normalized spacial score (nSPS) is 22.6. The summed E-state index contributed by atoms with van der Waals surface area (Å²) >= 11 is 3.11. The van der Waals surface area contributed by atoms with Gasteiger partial charge in [0.1, 0.15) is 23.8 Å². The van der Waals surface area contributed by atoms with Crippen LogP contribution in [-0.2, 0) is 14.3 Å². The SMILES string of the molecule is Cc1ncsc1-c1ccc([C@H](C)NC(=O)[C@@H]2C[C@@H](O)CN2C(=O)C(c2cc(N3CCN(CCN4CCC(O[C@H]5C[C@H](Oc6ccc7c(c6)Sc6cc([N+](=O)[O-])ccc6N7)C5)CC4)CC3)no2)C(C)C)cc1. The molecular weight excluding hydrogens is 943 g/mol. The number of hydrogen-bond acceptors (Lipinski definition) is 16. The highest BCUT2D eigenvalue weighted by atomic mass is 32.2. The van der Waals surface area contributed by atoms with Gasteiger partial charge in [0, 0.05) is 106 Å². The Morgan fingerprint density at radius 3 is 2.30 bits per heavy atom. The highest BCUT2D eigenvalue weighted by molar-refractivity contribution is 7.99. The predicted molar refractivity (Wildman–Crippen MR) is 273 cm³/mol. The number of aliphatic hydroxyl groups excluding tert-OH is 1. The first kappa shape index (κ1) is 49.0. The summed E-state index contributed by atoms with van der Waals surface area (Å²) in [6.07, 6.45) is 3.73. The van der Waals surface area contributed by atoms with E-state index in [2.05, 4.69) is 35.5 Å². The van der Waals surface area contributed by atoms with Gasteiger partial charge in [0.15, 0.2) is 11.6 Å². The number of rotatable bonds is 16. The second kappa shape index (κ2) is 21.3. The minimum atomic E-state index is -0.804. The zero-order chi connectivity index (χ0) is 49.3. The van der Waals surface area contributed by atoms with E-state index in [1.165, 1.54) is 22.7 Å². The highest BCUT2D eigenvalue weighted by Gasteiger charge is 2.44. The molecule has 17 nitrogen and oxygen atoms in total. The summed E-state index contributed by atoms with van der Waals surface area (Å²) in [6, 6.07) is 19.7. The number of nitrogens with zero attached hydrogens (tertiary/aromatic N) is 7. The number of β-amino-alcohol motifs (C(OH)–C–C–N with tert-alkyl or cyclic N) is 1. The van der Waals surface area contributed by atoms with Crippen molar-refractivity contribution in [1.29, 1.82) is 0 Å². The number of fused-ring (bicyclic) bond motifs is 2. The molecule has 71 heavy (non-hydrogen) atoms. The van der Waals surface area contributed by atoms with Crippen molar-refractivity contribution in [1.82, 2.24) is 30.2 Å². The third kappa shape index (κ3) is 11.1. The quantitative estimate of drug-likeness (QED) is 0.0624. The van der Waals surface area contributed by atoms with Crippen molar-refractivity contribution >= 4 is 57.8 Å². The molecule has 4 aliphatic heterocycles. The van der Waals surface area contributed by atoms with Crippen LogP contribution in [0.5, 0.6) is 5.75 Å². The van der Waals surface area contributed by atoms with Gasteiger partial charge in [-0.3, -0.25) is 24.6 Å². The van der Waals surface area contributed by atoms with Gasteiger partial charge in [0.05, 0.1) is 56.7 Å². The summed E-state index contributed by atoms with van der Waals surface area (Å²) in [6.45, 7) is 15.4. The van der Waals surface area contributed by atoms with Crippen LogP contribution in [0.15, 0.2) is 86.6 Å². The van der Waals surface area contributed by atoms with Gasteiger partial charge in [0.25, 0.3) is 5.69 Å². The van der Waals surface area contributed by atoms with Crippen molar-refractivity contribution in [2.75, 3.05) is 69.1 Å². The molecule has 6 heterocycles. The Balaban J connectivity index is 0.635. The van der Waals surface area contributed by atoms with E-state index in [-0.39, 0.29) is 65.7 Å². The number of ether oxygens (including phenoxy) is 2. The van der Waals surface area contributed by atoms with Crippen LogP contribution in [0.4, 0.5) is 22.9 Å². The minimum absolute atomic E-state index is 0.0779. The molecule has 3 aromatic carbocycles. The number of likely N-dealkylation sites (tertiary alicyclic amines) is 2. The zero-order valence-electron chi connectivity index (χ0n) is 40.7. The Hall–Kier alpha value is -5.57. The Kier molecular flexibility index (Phi) is 14.7. The summed E-state index contributed by atoms with van der Waals surface area (Å²) in [5.41, 5.74) is 6.75. The molecule has 3 saturated heterocycles. The van der Waals surface area contributed by atoms with E-state index in [4.69, 9.17) is 14.0 Å². The molecule has 1 saturated carbocycles. The molecule has 0 bridgehead atoms. The van der Waals surface area contributed by atoms with E-state index >= 15 is 0 Å². The number of non-ortho nitro benzene ring substituents is 1. The van der Waals surface area contributed by atoms with Crippen LogP contribution in [0.3, 0.4) is 0 Å². The molecular formula is C52H63N9O8S2. The lowest BCUT2D eigenvalue weighted by molar-refractivity contribution is -0.385. The first-order valence-corrected chi connectivity index (χ1v) is 26.7. The first-order valence-electron chi connectivity index (χ1n) is 25.0. The molecule has 5 aromatic rings. The number of thiazole rings is 1. The van der Waals surface area contributed by atoms with Gasteiger partial charge in [0.2, 0.25) is 11.8 Å². The molecule has 2 aromatic heterocycles. The van der Waals surface area contributed by atoms with E-state index in [0.717, 1.165) is 127 Å². The third-order valence-corrected chi connectivity index (χ3v) is 16.8. The number of carbonyl (C=O) groups excluding carboxylic acids is 2. The van der Waals surface area contributed by atoms with Crippen molar-refractivity contribution in [3.05, 3.63) is 99.4 Å². The fourth-order valence-corrected chi connectivity index (χ4v) is 12.3. The lowest BCUT2D eigenvalue weighted by atomic mass is 9.91. The van der Waals surface area contributed by atoms with Crippen molar-refractivity contribution < 1.29 is 33.6 Å². The Morgan fingerprint density at radius 1 is 0.901 bits per heavy atom. The number of aryl methyl sites for hydroxylation is 1. The highest BCUT2D eigenvalue weighted by Crippen LogP contribution is 2.47. The van der Waals surface area contributed by atoms with E-state index < -0.39 is 18.1 Å². The number of aliphatic hydroxyl groups is 1. The van der Waals surface area contributed by atoms with E-state index in [0.29, 0.717) is 11.6 Å². The molecule has 376 valence electrons. The number of nitro groups is 1. The van der Waals surface area contributed by atoms with Crippen LogP contribution in [0.1, 0.15) is 81.9 Å². The van der Waals surface area contributed by atoms with Gasteiger partial charge in [-0.2, -0.15) is 0 Å². The smallest absolute Gasteiger partial charge is 0.270 e. The Morgan fingerprint density at radius 2 is 1.61 bits per heavy atom. The van der Waals surface area contributed by atoms with Gasteiger partial charge in [-0.1, -0.05) is 55.0 Å². The topological polar surface area (TPSA) is 192 Å². The summed E-state index contributed by atoms with van der Waals surface area (Å²) in [5.74, 6) is 0.655. The number of nitrogens with one attached hydrogen (secondary N) is 2. The van der Waals surface area contributed by atoms with Crippen molar-refractivity contribution in [2.24, 2.45) is 5.92 Å². The average Bonchev–Trinajstić information content (AvgIpc) is 4.12. The second-order valence-corrected chi connectivity index (χ2v) is 21.9. The van der Waals surface area contributed by atoms with Crippen LogP contribution in [-0.4, -0.2) is 136 Å². The number of piperazine rings is 1. The Labute approximate surface area is 422 Å². The molecule has 1 unspecified atom stereocenters. The predicted octanol–water partition coefficient (Wildman–Crippen LogP) is 8.01. The fraction of sp³-hybridized carbons (Fsp3) is 0.500. The fourth-order valence-electron chi connectivity index (χ4n) is 10.5. The standard InChI is InChI=1S/C52H63N9O8S2/c1-31(2)49(52(64)60-29-37(62)24-44(60)51(63)54-32(3)34-5-7-35(8-6-34)50-33(4)53-30-70-50)45-28-48(56-69-45)59-21-19-58(20-22-59)18-17-57-15-13-38(14-16-57)67-40-25-41(26-40)68-39-10-12-43-47(27-39)71-46-23-36(61(65)66)9-11-42(46)55-43/h5-12,23,27-28,30-32,37-38,40-41,44,49,55,62H,13-22,24-26,29H2,1-4H3,(H,54,63)/t32-,37+,40-,41-,44-,49?/m0/s1. The minimum Gasteiger partial charge on any atom is -0.490 e. The van der Waals surface area contributed by atoms with E-state index in [1.54, 1.807) is 23.5 Å². The third-order valence-electron chi connectivity index (χ3n) is 14.7. The van der Waals surface area contributed by atoms with Crippen molar-refractivity contribution in [3.8, 4) is 16.2 Å². The lowest BCUT2D eigenvalue weighted by Crippen LogP contribution is -2.50. The molecule has 1 aliphatic carbocycles. The number of carbonyl (C=O) groups is 2. The number of amides is 2. The van der Waals surface area contributed by atoms with Gasteiger partial charge < -0.3 is 44.4 Å². The van der Waals surface area contributed by atoms with Crippen molar-refractivity contribution in [2.45, 2.75) is 112 Å². The number of benzene rings is 3. The Bertz CT molecular complexity index is 2690. The van der Waals surface area contributed by atoms with Gasteiger partial charge in [-0.25, -0.2) is 4.98 Å². The molecule has 3 N–H and O–H groups in total. The summed E-state index contributed by atoms with van der Waals surface area (Å²) in [4.78, 5) is 55.1. The van der Waals surface area contributed by atoms with E-state index in [1.807, 2.05) is 81.7 Å². The number of piperidine rings is 1. The molecule has 10 rings (SSSR count). The monoisotopic (exact) mass is 1010 g/mol. The average molecular weight is 1010 g/mol. The summed E-state index contributed by atoms with van der Waals surface area (Å²) in [7, 11) is 0. The maximum atomic E-state index is 14.3. The summed E-state index contributed by atoms with van der Waals surface area (Å²) in [5, 5.41) is 33.0. The number of hydrogen-bond donors (Lipinski definition) is 3. The number of nitro benzene ring substituents is 1. The van der Waals surface area contributed by atoms with Crippen LogP contribution in [0, 0.1) is 23.0 Å². The molecule has 5 aliphatic rings. The molecule has 2 amide bonds. The molecule has 4 fully saturated rings. The van der Waals surface area contributed by atoms with E-state index in [9.17, 15) is 24.8 Å². The van der Waals surface area contributed by atoms with Gasteiger partial charge in [-0.15, -0.1) is 11.3 Å². The maximum absolute atomic E-state index is 14.3.